The fraction of sp³-hybridized carbons (Fsp3) is 0.333. The molecule has 4 aromatic rings. The highest BCUT2D eigenvalue weighted by atomic mass is 31.2. The molecule has 0 amide bonds. The van der Waals surface area contributed by atoms with Crippen LogP contribution in [0.5, 0.6) is 0 Å². The van der Waals surface area contributed by atoms with Gasteiger partial charge < -0.3 is 14.1 Å². The maximum Gasteiger partial charge on any atom is 0.261 e. The number of unbranched alkanes of at least 4 members (excludes halogenated alkanes) is 2. The summed E-state index contributed by atoms with van der Waals surface area (Å²) in [5.41, 5.74) is -0.374. The summed E-state index contributed by atoms with van der Waals surface area (Å²) in [5, 5.41) is 15.4. The topological polar surface area (TPSA) is 46.5 Å². The normalized spacial score (nSPS) is 14.0. The highest BCUT2D eigenvalue weighted by molar-refractivity contribution is 7.79. The van der Waals surface area contributed by atoms with Crippen LogP contribution in [-0.2, 0) is 8.99 Å². The third kappa shape index (κ3) is 6.84. The molecule has 0 heterocycles. The number of hydrogen-bond donors (Lipinski definition) is 1. The largest absolute Gasteiger partial charge is 0.407 e. The van der Waals surface area contributed by atoms with Crippen molar-refractivity contribution < 1.29 is 14.1 Å². The van der Waals surface area contributed by atoms with E-state index in [-0.39, 0.29) is 10.7 Å². The molecule has 4 rings (SSSR count). The zero-order valence-electron chi connectivity index (χ0n) is 24.9. The van der Waals surface area contributed by atoms with Gasteiger partial charge in [-0.2, -0.15) is 0 Å². The minimum atomic E-state index is -3.01. The third-order valence-corrected chi connectivity index (χ3v) is 17.0. The Kier molecular flexibility index (Phi) is 10.6. The van der Waals surface area contributed by atoms with Crippen molar-refractivity contribution in [2.75, 3.05) is 6.61 Å². The minimum absolute atomic E-state index is 0.0443. The van der Waals surface area contributed by atoms with Crippen molar-refractivity contribution in [3.8, 4) is 0 Å². The molecule has 1 N–H and O–H groups in total. The molecule has 0 radical (unpaired) electrons. The summed E-state index contributed by atoms with van der Waals surface area (Å²) in [6.45, 7) is 9.52. The van der Waals surface area contributed by atoms with Crippen molar-refractivity contribution in [3.05, 3.63) is 121 Å². The number of hydrogen-bond acceptors (Lipinski definition) is 3. The molecule has 0 aromatic heterocycles. The van der Waals surface area contributed by atoms with Crippen LogP contribution in [0, 0.1) is 0 Å². The Bertz CT molecular complexity index is 1290. The second-order valence-electron chi connectivity index (χ2n) is 12.0. The van der Waals surface area contributed by atoms with Gasteiger partial charge in [0.1, 0.15) is 7.14 Å². The molecule has 5 heteroatoms. The summed E-state index contributed by atoms with van der Waals surface area (Å²) in [5.74, 6) is 0. The lowest BCUT2D eigenvalue weighted by Gasteiger charge is -2.43. The van der Waals surface area contributed by atoms with Crippen molar-refractivity contribution in [2.24, 2.45) is 0 Å². The van der Waals surface area contributed by atoms with Crippen LogP contribution in [0.3, 0.4) is 0 Å². The number of benzene rings is 4. The first kappa shape index (κ1) is 31.2. The van der Waals surface area contributed by atoms with E-state index in [1.807, 2.05) is 67.6 Å². The third-order valence-electron chi connectivity index (χ3n) is 8.29. The van der Waals surface area contributed by atoms with E-state index < -0.39 is 21.6 Å². The molecule has 3 nitrogen and oxygen atoms in total. The predicted molar refractivity (Wildman–Crippen MR) is 177 cm³/mol. The summed E-state index contributed by atoms with van der Waals surface area (Å²) in [7, 11) is -5.55. The molecule has 0 saturated heterocycles. The molecule has 216 valence electrons. The molecule has 0 spiro atoms. The van der Waals surface area contributed by atoms with Gasteiger partial charge >= 0.3 is 0 Å². The van der Waals surface area contributed by atoms with E-state index in [0.717, 1.165) is 29.9 Å². The standard InChI is InChI=1S/C36H45O3PSi/c1-30(40(38,31-20-10-5-11-21-31)32-22-12-6-13-23-32)35(37)28-18-9-19-29-39-41(36(2,3)4,33-24-14-7-15-25-33)34-26-16-8-17-27-34/h5-8,10-17,20-27,30,35,37H,9,18-19,28-29H2,1-4H3/t30-,35+/m0/s1. The van der Waals surface area contributed by atoms with Crippen LogP contribution >= 0.6 is 7.14 Å². The smallest absolute Gasteiger partial charge is 0.261 e. The van der Waals surface area contributed by atoms with Gasteiger partial charge in [0.05, 0.1) is 6.10 Å². The van der Waals surface area contributed by atoms with E-state index in [9.17, 15) is 9.67 Å². The maximum atomic E-state index is 14.6. The van der Waals surface area contributed by atoms with Crippen LogP contribution in [0.25, 0.3) is 0 Å². The van der Waals surface area contributed by atoms with Crippen LogP contribution in [0.2, 0.25) is 5.04 Å². The SMILES string of the molecule is C[C@@H]([C@H](O)CCCCCO[Si](c1ccccc1)(c1ccccc1)C(C)(C)C)P(=O)(c1ccccc1)c1ccccc1. The molecule has 0 aliphatic heterocycles. The van der Waals surface area contributed by atoms with Crippen LogP contribution < -0.4 is 21.0 Å². The van der Waals surface area contributed by atoms with E-state index in [4.69, 9.17) is 4.43 Å². The molecule has 41 heavy (non-hydrogen) atoms. The average molecular weight is 585 g/mol. The molecular weight excluding hydrogens is 539 g/mol. The van der Waals surface area contributed by atoms with Crippen molar-refractivity contribution in [3.63, 3.8) is 0 Å². The highest BCUT2D eigenvalue weighted by Gasteiger charge is 2.50. The summed E-state index contributed by atoms with van der Waals surface area (Å²) < 4.78 is 21.6. The van der Waals surface area contributed by atoms with Crippen molar-refractivity contribution >= 4 is 36.4 Å². The number of aliphatic hydroxyl groups is 1. The van der Waals surface area contributed by atoms with Gasteiger partial charge in [0.25, 0.3) is 8.32 Å². The van der Waals surface area contributed by atoms with Crippen LogP contribution in [-0.4, -0.2) is 31.8 Å². The van der Waals surface area contributed by atoms with Gasteiger partial charge in [0, 0.05) is 22.9 Å². The number of rotatable bonds is 13. The second kappa shape index (κ2) is 13.9. The van der Waals surface area contributed by atoms with E-state index in [2.05, 4.69) is 81.4 Å². The summed E-state index contributed by atoms with van der Waals surface area (Å²) in [4.78, 5) is 0. The first-order valence-corrected chi connectivity index (χ1v) is 18.5. The molecule has 0 saturated carbocycles. The molecule has 0 unspecified atom stereocenters. The van der Waals surface area contributed by atoms with Crippen molar-refractivity contribution in [1.29, 1.82) is 0 Å². The van der Waals surface area contributed by atoms with E-state index >= 15 is 0 Å². The van der Waals surface area contributed by atoms with E-state index in [1.165, 1.54) is 10.4 Å². The predicted octanol–water partition coefficient (Wildman–Crippen LogP) is 6.89. The van der Waals surface area contributed by atoms with Crippen LogP contribution in [0.1, 0.15) is 53.4 Å². The minimum Gasteiger partial charge on any atom is -0.407 e. The lowest BCUT2D eigenvalue weighted by Crippen LogP contribution is -2.66. The average Bonchev–Trinajstić information content (AvgIpc) is 3.01. The van der Waals surface area contributed by atoms with Gasteiger partial charge in [-0.25, -0.2) is 0 Å². The van der Waals surface area contributed by atoms with Gasteiger partial charge in [0.15, 0.2) is 0 Å². The first-order chi connectivity index (χ1) is 19.7. The Labute approximate surface area is 248 Å². The lowest BCUT2D eigenvalue weighted by molar-refractivity contribution is 0.158. The molecule has 0 aliphatic carbocycles. The van der Waals surface area contributed by atoms with E-state index in [1.54, 1.807) is 0 Å². The quantitative estimate of drug-likeness (QED) is 0.106. The van der Waals surface area contributed by atoms with Gasteiger partial charge in [-0.1, -0.05) is 162 Å². The molecule has 4 aromatic carbocycles. The Morgan fingerprint density at radius 2 is 1.10 bits per heavy atom. The Hall–Kier alpha value is -2.75. The summed E-state index contributed by atoms with van der Waals surface area (Å²) in [6.07, 6.45) is 2.69. The van der Waals surface area contributed by atoms with Crippen molar-refractivity contribution in [1.82, 2.24) is 0 Å². The van der Waals surface area contributed by atoms with Crippen LogP contribution in [0.4, 0.5) is 0 Å². The van der Waals surface area contributed by atoms with Gasteiger partial charge in [0.2, 0.25) is 0 Å². The zero-order valence-corrected chi connectivity index (χ0v) is 26.8. The fourth-order valence-electron chi connectivity index (χ4n) is 6.02. The molecule has 0 bridgehead atoms. The zero-order chi connectivity index (χ0) is 29.3. The Morgan fingerprint density at radius 3 is 1.51 bits per heavy atom. The second-order valence-corrected chi connectivity index (χ2v) is 19.5. The molecule has 0 fully saturated rings. The summed E-state index contributed by atoms with van der Waals surface area (Å²) in [6, 6.07) is 40.8. The van der Waals surface area contributed by atoms with Crippen molar-refractivity contribution in [2.45, 2.75) is 70.2 Å². The fourth-order valence-corrected chi connectivity index (χ4v) is 13.7. The van der Waals surface area contributed by atoms with Crippen LogP contribution in [0.15, 0.2) is 121 Å². The Balaban J connectivity index is 1.41. The number of aliphatic hydroxyl groups excluding tert-OH is 1. The van der Waals surface area contributed by atoms with E-state index in [0.29, 0.717) is 13.0 Å². The summed E-state index contributed by atoms with van der Waals surface area (Å²) >= 11 is 0. The lowest BCUT2D eigenvalue weighted by atomic mass is 10.1. The Morgan fingerprint density at radius 1 is 0.683 bits per heavy atom. The van der Waals surface area contributed by atoms with Gasteiger partial charge in [-0.3, -0.25) is 0 Å². The molecule has 2 atom stereocenters. The monoisotopic (exact) mass is 584 g/mol. The molecular formula is C36H45O3PSi. The maximum absolute atomic E-state index is 14.6. The van der Waals surface area contributed by atoms with Gasteiger partial charge in [-0.15, -0.1) is 0 Å². The highest BCUT2D eigenvalue weighted by Crippen LogP contribution is 2.50. The molecule has 0 aliphatic rings. The van der Waals surface area contributed by atoms with Gasteiger partial charge in [-0.05, 0) is 28.3 Å². The first-order valence-electron chi connectivity index (χ1n) is 14.9.